The summed E-state index contributed by atoms with van der Waals surface area (Å²) in [6, 6.07) is 0. The largest absolute Gasteiger partial charge is 0.538 e. The first-order valence-corrected chi connectivity index (χ1v) is 4.44. The lowest BCUT2D eigenvalue weighted by Gasteiger charge is -2.07. The third-order valence-corrected chi connectivity index (χ3v) is 1.70. The number of alkyl halides is 3. The molecular formula is C4H8F3NO3S. The molecule has 0 aromatic carbocycles. The van der Waals surface area contributed by atoms with Crippen molar-refractivity contribution in [2.45, 2.75) is 19.7 Å². The molecule has 0 amide bonds. The molecule has 0 atom stereocenters. The van der Waals surface area contributed by atoms with Crippen LogP contribution in [0.25, 0.3) is 0 Å². The van der Waals surface area contributed by atoms with Gasteiger partial charge >= 0.3 is 16.7 Å². The van der Waals surface area contributed by atoms with Gasteiger partial charge in [0, 0.05) is 6.54 Å². The van der Waals surface area contributed by atoms with Crippen molar-refractivity contribution >= 4 is 10.3 Å². The molecule has 1 N–H and O–H groups in total. The molecule has 0 aromatic rings. The molecule has 0 aliphatic rings. The van der Waals surface area contributed by atoms with E-state index in [1.807, 2.05) is 0 Å². The molecule has 74 valence electrons. The van der Waals surface area contributed by atoms with Crippen molar-refractivity contribution in [1.29, 1.82) is 0 Å². The second kappa shape index (κ2) is 4.06. The molecule has 0 heterocycles. The lowest BCUT2D eigenvalue weighted by atomic mass is 10.5. The van der Waals surface area contributed by atoms with Crippen LogP contribution in [0.1, 0.15) is 13.3 Å². The number of halogens is 3. The minimum atomic E-state index is -5.17. The van der Waals surface area contributed by atoms with Gasteiger partial charge in [0.2, 0.25) is 0 Å². The van der Waals surface area contributed by atoms with Gasteiger partial charge in [-0.1, -0.05) is 6.92 Å². The maximum Gasteiger partial charge on any atom is 0.538 e. The summed E-state index contributed by atoms with van der Waals surface area (Å²) in [4.78, 5) is 0. The maximum absolute atomic E-state index is 11.3. The zero-order chi connectivity index (χ0) is 9.83. The summed E-state index contributed by atoms with van der Waals surface area (Å²) in [6.45, 7) is 1.52. The van der Waals surface area contributed by atoms with Crippen LogP contribution in [0.5, 0.6) is 0 Å². The van der Waals surface area contributed by atoms with Crippen molar-refractivity contribution in [1.82, 2.24) is 4.72 Å². The summed E-state index contributed by atoms with van der Waals surface area (Å²) in [5, 5.41) is 0. The first kappa shape index (κ1) is 11.7. The van der Waals surface area contributed by atoms with Gasteiger partial charge in [-0.05, 0) is 6.42 Å². The molecule has 0 aliphatic heterocycles. The topological polar surface area (TPSA) is 55.4 Å². The molecule has 0 saturated heterocycles. The number of hydrogen-bond acceptors (Lipinski definition) is 3. The van der Waals surface area contributed by atoms with Crippen LogP contribution in [-0.2, 0) is 14.5 Å². The van der Waals surface area contributed by atoms with E-state index in [2.05, 4.69) is 4.18 Å². The van der Waals surface area contributed by atoms with E-state index < -0.39 is 16.7 Å². The van der Waals surface area contributed by atoms with Crippen LogP contribution in [0.15, 0.2) is 0 Å². The summed E-state index contributed by atoms with van der Waals surface area (Å²) in [7, 11) is -4.68. The average molecular weight is 207 g/mol. The Hall–Kier alpha value is -0.340. The molecule has 0 bridgehead atoms. The van der Waals surface area contributed by atoms with Gasteiger partial charge in [0.25, 0.3) is 0 Å². The fourth-order valence-electron chi connectivity index (χ4n) is 0.381. The Morgan fingerprint density at radius 2 is 1.92 bits per heavy atom. The zero-order valence-corrected chi connectivity index (χ0v) is 7.00. The van der Waals surface area contributed by atoms with Crippen LogP contribution < -0.4 is 4.72 Å². The van der Waals surface area contributed by atoms with Gasteiger partial charge in [0.15, 0.2) is 0 Å². The minimum absolute atomic E-state index is 0.0849. The Balaban J connectivity index is 4.06. The third-order valence-electron chi connectivity index (χ3n) is 0.733. The number of nitrogens with one attached hydrogen (secondary N) is 1. The smallest absolute Gasteiger partial charge is 0.192 e. The van der Waals surface area contributed by atoms with Crippen molar-refractivity contribution in [2.75, 3.05) is 6.54 Å². The molecule has 0 radical (unpaired) electrons. The van der Waals surface area contributed by atoms with E-state index in [-0.39, 0.29) is 6.54 Å². The normalized spacial score (nSPS) is 13.3. The fourth-order valence-corrected chi connectivity index (χ4v) is 1.14. The first-order valence-electron chi connectivity index (χ1n) is 3.04. The highest BCUT2D eigenvalue weighted by molar-refractivity contribution is 7.84. The van der Waals surface area contributed by atoms with E-state index in [4.69, 9.17) is 0 Å². The predicted molar refractivity (Wildman–Crippen MR) is 34.4 cm³/mol. The number of hydrogen-bond donors (Lipinski definition) is 1. The van der Waals surface area contributed by atoms with E-state index >= 15 is 0 Å². The van der Waals surface area contributed by atoms with E-state index in [1.54, 1.807) is 11.6 Å². The molecule has 12 heavy (non-hydrogen) atoms. The summed E-state index contributed by atoms with van der Waals surface area (Å²) in [5.74, 6) is 0. The fraction of sp³-hybridized carbons (Fsp3) is 1.00. The van der Waals surface area contributed by atoms with Gasteiger partial charge in [-0.2, -0.15) is 17.3 Å². The third kappa shape index (κ3) is 6.38. The minimum Gasteiger partial charge on any atom is -0.192 e. The second-order valence-electron chi connectivity index (χ2n) is 1.88. The average Bonchev–Trinajstić information content (AvgIpc) is 1.78. The molecule has 0 aromatic heterocycles. The van der Waals surface area contributed by atoms with E-state index in [0.717, 1.165) is 0 Å². The maximum atomic E-state index is 11.3. The SMILES string of the molecule is CCCNS(=O)(=O)OC(F)(F)F. The zero-order valence-electron chi connectivity index (χ0n) is 6.18. The van der Waals surface area contributed by atoms with E-state index in [0.29, 0.717) is 6.42 Å². The Morgan fingerprint density at radius 3 is 2.25 bits per heavy atom. The summed E-state index contributed by atoms with van der Waals surface area (Å²) in [6.07, 6.45) is -4.78. The highest BCUT2D eigenvalue weighted by atomic mass is 32.2. The van der Waals surface area contributed by atoms with Crippen molar-refractivity contribution in [3.63, 3.8) is 0 Å². The molecule has 0 aliphatic carbocycles. The summed E-state index contributed by atoms with van der Waals surface area (Å²) in [5.41, 5.74) is 0. The van der Waals surface area contributed by atoms with Gasteiger partial charge < -0.3 is 0 Å². The molecule has 4 nitrogen and oxygen atoms in total. The molecule has 8 heteroatoms. The van der Waals surface area contributed by atoms with Crippen LogP contribution in [-0.4, -0.2) is 21.3 Å². The Bertz CT molecular complexity index is 222. The Morgan fingerprint density at radius 1 is 1.42 bits per heavy atom. The van der Waals surface area contributed by atoms with Crippen LogP contribution >= 0.6 is 0 Å². The summed E-state index contributed by atoms with van der Waals surface area (Å²) >= 11 is 0. The molecule has 0 unspecified atom stereocenters. The van der Waals surface area contributed by atoms with Crippen LogP contribution in [0.2, 0.25) is 0 Å². The van der Waals surface area contributed by atoms with Gasteiger partial charge in [0.1, 0.15) is 0 Å². The lowest BCUT2D eigenvalue weighted by molar-refractivity contribution is -0.272. The quantitative estimate of drug-likeness (QED) is 0.740. The molecule has 0 spiro atoms. The van der Waals surface area contributed by atoms with Gasteiger partial charge in [-0.25, -0.2) is 0 Å². The van der Waals surface area contributed by atoms with Crippen molar-refractivity contribution in [3.05, 3.63) is 0 Å². The first-order chi connectivity index (χ1) is 5.27. The molecule has 0 rings (SSSR count). The Labute approximate surface area is 68.0 Å². The predicted octanol–water partition coefficient (Wildman–Crippen LogP) is 0.767. The van der Waals surface area contributed by atoms with Crippen molar-refractivity contribution in [2.24, 2.45) is 0 Å². The van der Waals surface area contributed by atoms with E-state index in [1.165, 1.54) is 0 Å². The van der Waals surface area contributed by atoms with Crippen LogP contribution in [0.3, 0.4) is 0 Å². The van der Waals surface area contributed by atoms with E-state index in [9.17, 15) is 21.6 Å². The van der Waals surface area contributed by atoms with Gasteiger partial charge in [0.05, 0.1) is 0 Å². The second-order valence-corrected chi connectivity index (χ2v) is 3.24. The number of rotatable bonds is 4. The summed E-state index contributed by atoms with van der Waals surface area (Å²) < 4.78 is 59.1. The van der Waals surface area contributed by atoms with Crippen LogP contribution in [0, 0.1) is 0 Å². The van der Waals surface area contributed by atoms with Gasteiger partial charge in [-0.3, -0.25) is 0 Å². The molecular weight excluding hydrogens is 199 g/mol. The Kier molecular flexibility index (Phi) is 3.94. The molecule has 0 saturated carbocycles. The van der Waals surface area contributed by atoms with Crippen molar-refractivity contribution in [3.8, 4) is 0 Å². The highest BCUT2D eigenvalue weighted by Gasteiger charge is 2.36. The lowest BCUT2D eigenvalue weighted by Crippen LogP contribution is -2.31. The standard InChI is InChI=1S/C4H8F3NO3S/c1-2-3-8-12(9,10)11-4(5,6)7/h8H,2-3H2,1H3. The van der Waals surface area contributed by atoms with Crippen LogP contribution in [0.4, 0.5) is 13.2 Å². The van der Waals surface area contributed by atoms with Crippen molar-refractivity contribution < 1.29 is 25.8 Å². The molecule has 0 fully saturated rings. The van der Waals surface area contributed by atoms with Gasteiger partial charge in [-0.15, -0.1) is 13.2 Å². The highest BCUT2D eigenvalue weighted by Crippen LogP contribution is 2.18. The monoisotopic (exact) mass is 207 g/mol.